The van der Waals surface area contributed by atoms with Gasteiger partial charge in [0.05, 0.1) is 11.5 Å². The average molecular weight is 254 g/mol. The number of nitro benzene ring substituents is 1. The Kier molecular flexibility index (Phi) is 4.61. The lowest BCUT2D eigenvalue weighted by molar-refractivity contribution is -0.385. The summed E-state index contributed by atoms with van der Waals surface area (Å²) in [5.74, 6) is -1.09. The van der Waals surface area contributed by atoms with Gasteiger partial charge in [-0.15, -0.1) is 0 Å². The van der Waals surface area contributed by atoms with Crippen LogP contribution in [0.5, 0.6) is 0 Å². The quantitative estimate of drug-likeness (QED) is 0.588. The van der Waals surface area contributed by atoms with Crippen LogP contribution < -0.4 is 5.32 Å². The Morgan fingerprint density at radius 3 is 2.78 bits per heavy atom. The molecule has 1 aromatic carbocycles. The van der Waals surface area contributed by atoms with Gasteiger partial charge in [-0.05, 0) is 13.0 Å². The normalized spacial score (nSPS) is 11.9. The standard InChI is InChI=1S/C11H14N2O5/c1-7-8(4-3-5-9(7)13(16)17)12-6-10(18-2)11(14)15/h3-5,10,12H,6H2,1-2H3,(H,14,15). The molecule has 1 rings (SSSR count). The highest BCUT2D eigenvalue weighted by molar-refractivity contribution is 5.73. The predicted octanol–water partition coefficient (Wildman–Crippen LogP) is 1.41. The number of methoxy groups -OCH3 is 1. The van der Waals surface area contributed by atoms with Crippen molar-refractivity contribution in [3.05, 3.63) is 33.9 Å². The molecule has 0 amide bonds. The molecule has 98 valence electrons. The van der Waals surface area contributed by atoms with Crippen LogP contribution in [-0.4, -0.2) is 35.8 Å². The van der Waals surface area contributed by atoms with E-state index in [0.29, 0.717) is 11.3 Å². The Morgan fingerprint density at radius 2 is 2.28 bits per heavy atom. The molecule has 0 aromatic heterocycles. The maximum atomic E-state index is 10.7. The molecular weight excluding hydrogens is 240 g/mol. The highest BCUT2D eigenvalue weighted by Crippen LogP contribution is 2.24. The highest BCUT2D eigenvalue weighted by atomic mass is 16.6. The molecule has 1 aromatic rings. The molecule has 7 nitrogen and oxygen atoms in total. The smallest absolute Gasteiger partial charge is 0.334 e. The van der Waals surface area contributed by atoms with Crippen LogP contribution in [0, 0.1) is 17.0 Å². The monoisotopic (exact) mass is 254 g/mol. The van der Waals surface area contributed by atoms with E-state index in [1.165, 1.54) is 19.2 Å². The van der Waals surface area contributed by atoms with E-state index >= 15 is 0 Å². The zero-order valence-electron chi connectivity index (χ0n) is 10.0. The number of hydrogen-bond donors (Lipinski definition) is 2. The minimum Gasteiger partial charge on any atom is -0.479 e. The fourth-order valence-corrected chi connectivity index (χ4v) is 1.49. The number of nitro groups is 1. The van der Waals surface area contributed by atoms with Crippen LogP contribution in [0.25, 0.3) is 0 Å². The SMILES string of the molecule is COC(CNc1cccc([N+](=O)[O-])c1C)C(=O)O. The summed E-state index contributed by atoms with van der Waals surface area (Å²) >= 11 is 0. The third kappa shape index (κ3) is 3.17. The summed E-state index contributed by atoms with van der Waals surface area (Å²) in [7, 11) is 1.29. The van der Waals surface area contributed by atoms with Gasteiger partial charge in [-0.3, -0.25) is 10.1 Å². The lowest BCUT2D eigenvalue weighted by Gasteiger charge is -2.14. The molecule has 1 unspecified atom stereocenters. The molecule has 0 saturated heterocycles. The van der Waals surface area contributed by atoms with Crippen molar-refractivity contribution in [1.29, 1.82) is 0 Å². The molecule has 0 heterocycles. The first-order valence-corrected chi connectivity index (χ1v) is 5.20. The second-order valence-electron chi connectivity index (χ2n) is 3.65. The zero-order valence-corrected chi connectivity index (χ0v) is 10.0. The van der Waals surface area contributed by atoms with Crippen LogP contribution >= 0.6 is 0 Å². The van der Waals surface area contributed by atoms with E-state index in [9.17, 15) is 14.9 Å². The summed E-state index contributed by atoms with van der Waals surface area (Å²) in [6, 6.07) is 4.58. The number of benzene rings is 1. The molecule has 2 N–H and O–H groups in total. The zero-order chi connectivity index (χ0) is 13.7. The summed E-state index contributed by atoms with van der Waals surface area (Å²) < 4.78 is 4.76. The third-order valence-corrected chi connectivity index (χ3v) is 2.54. The Hall–Kier alpha value is -2.15. The first kappa shape index (κ1) is 13.9. The average Bonchev–Trinajstić information content (AvgIpc) is 2.31. The maximum Gasteiger partial charge on any atom is 0.334 e. The van der Waals surface area contributed by atoms with Crippen LogP contribution in [0.15, 0.2) is 18.2 Å². The molecule has 0 aliphatic heterocycles. The number of ether oxygens (including phenoxy) is 1. The van der Waals surface area contributed by atoms with Crippen molar-refractivity contribution in [3.8, 4) is 0 Å². The Labute approximate surface area is 104 Å². The summed E-state index contributed by atoms with van der Waals surface area (Å²) in [5, 5.41) is 22.4. The van der Waals surface area contributed by atoms with E-state index in [1.54, 1.807) is 13.0 Å². The minimum atomic E-state index is -1.09. The first-order chi connectivity index (χ1) is 8.47. The molecule has 0 bridgehead atoms. The van der Waals surface area contributed by atoms with Gasteiger partial charge in [-0.25, -0.2) is 4.79 Å². The second-order valence-corrected chi connectivity index (χ2v) is 3.65. The number of nitrogens with one attached hydrogen (secondary N) is 1. The molecule has 0 aliphatic carbocycles. The van der Waals surface area contributed by atoms with Crippen molar-refractivity contribution in [1.82, 2.24) is 0 Å². The van der Waals surface area contributed by atoms with E-state index in [-0.39, 0.29) is 12.2 Å². The van der Waals surface area contributed by atoms with E-state index in [4.69, 9.17) is 9.84 Å². The lowest BCUT2D eigenvalue weighted by atomic mass is 10.1. The van der Waals surface area contributed by atoms with Crippen LogP contribution in [0.4, 0.5) is 11.4 Å². The van der Waals surface area contributed by atoms with Crippen molar-refractivity contribution in [2.75, 3.05) is 19.0 Å². The fourth-order valence-electron chi connectivity index (χ4n) is 1.49. The molecule has 0 aliphatic rings. The summed E-state index contributed by atoms with van der Waals surface area (Å²) in [4.78, 5) is 21.0. The van der Waals surface area contributed by atoms with Gasteiger partial charge < -0.3 is 15.2 Å². The van der Waals surface area contributed by atoms with Crippen LogP contribution in [0.2, 0.25) is 0 Å². The molecule has 0 saturated carbocycles. The maximum absolute atomic E-state index is 10.7. The topological polar surface area (TPSA) is 102 Å². The van der Waals surface area contributed by atoms with Gasteiger partial charge in [0.2, 0.25) is 0 Å². The van der Waals surface area contributed by atoms with Gasteiger partial charge in [0.25, 0.3) is 5.69 Å². The fraction of sp³-hybridized carbons (Fsp3) is 0.364. The number of anilines is 1. The van der Waals surface area contributed by atoms with Gasteiger partial charge >= 0.3 is 5.97 Å². The number of aliphatic carboxylic acids is 1. The van der Waals surface area contributed by atoms with E-state index in [1.807, 2.05) is 0 Å². The molecule has 1 atom stereocenters. The van der Waals surface area contributed by atoms with E-state index < -0.39 is 17.0 Å². The predicted molar refractivity (Wildman–Crippen MR) is 64.8 cm³/mol. The Morgan fingerprint density at radius 1 is 1.61 bits per heavy atom. The van der Waals surface area contributed by atoms with Crippen molar-refractivity contribution < 1.29 is 19.6 Å². The van der Waals surface area contributed by atoms with E-state index in [2.05, 4.69) is 5.32 Å². The number of carboxylic acids is 1. The van der Waals surface area contributed by atoms with Crippen LogP contribution in [0.3, 0.4) is 0 Å². The summed E-state index contributed by atoms with van der Waals surface area (Å²) in [6.07, 6.45) is -0.997. The number of carbonyl (C=O) groups is 1. The van der Waals surface area contributed by atoms with Gasteiger partial charge in [-0.1, -0.05) is 6.07 Å². The molecular formula is C11H14N2O5. The summed E-state index contributed by atoms with van der Waals surface area (Å²) in [5.41, 5.74) is 0.972. The van der Waals surface area contributed by atoms with Gasteiger partial charge in [0, 0.05) is 24.4 Å². The van der Waals surface area contributed by atoms with Crippen molar-refractivity contribution in [2.24, 2.45) is 0 Å². The van der Waals surface area contributed by atoms with Crippen molar-refractivity contribution >= 4 is 17.3 Å². The third-order valence-electron chi connectivity index (χ3n) is 2.54. The van der Waals surface area contributed by atoms with Crippen molar-refractivity contribution in [3.63, 3.8) is 0 Å². The number of rotatable bonds is 6. The van der Waals surface area contributed by atoms with Crippen LogP contribution in [-0.2, 0) is 9.53 Å². The number of nitrogens with zero attached hydrogens (tertiary/aromatic N) is 1. The molecule has 0 spiro atoms. The number of hydrogen-bond acceptors (Lipinski definition) is 5. The molecule has 0 radical (unpaired) electrons. The Balaban J connectivity index is 2.82. The first-order valence-electron chi connectivity index (χ1n) is 5.20. The molecule has 0 fully saturated rings. The van der Waals surface area contributed by atoms with Gasteiger partial charge in [-0.2, -0.15) is 0 Å². The van der Waals surface area contributed by atoms with E-state index in [0.717, 1.165) is 0 Å². The molecule has 18 heavy (non-hydrogen) atoms. The number of carboxylic acid groups (broad SMARTS) is 1. The van der Waals surface area contributed by atoms with Gasteiger partial charge in [0.1, 0.15) is 0 Å². The van der Waals surface area contributed by atoms with Crippen LogP contribution in [0.1, 0.15) is 5.56 Å². The largest absolute Gasteiger partial charge is 0.479 e. The minimum absolute atomic E-state index is 0.00991. The second kappa shape index (κ2) is 5.97. The molecule has 7 heteroatoms. The summed E-state index contributed by atoms with van der Waals surface area (Å²) in [6.45, 7) is 1.64. The van der Waals surface area contributed by atoms with Crippen molar-refractivity contribution in [2.45, 2.75) is 13.0 Å². The lowest BCUT2D eigenvalue weighted by Crippen LogP contribution is -2.30. The van der Waals surface area contributed by atoms with Gasteiger partial charge in [0.15, 0.2) is 6.10 Å². The highest BCUT2D eigenvalue weighted by Gasteiger charge is 2.18. The Bertz CT molecular complexity index is 461.